The predicted molar refractivity (Wildman–Crippen MR) is 63.3 cm³/mol. The molecule has 90 valence electrons. The molecule has 0 unspecified atom stereocenters. The largest absolute Gasteiger partial charge is 0.340 e. The van der Waals surface area contributed by atoms with Crippen molar-refractivity contribution in [2.75, 3.05) is 18.0 Å². The number of aryl methyl sites for hydroxylation is 1. The molecule has 0 radical (unpaired) electrons. The molecule has 0 atom stereocenters. The first-order chi connectivity index (χ1) is 7.72. The van der Waals surface area contributed by atoms with E-state index in [9.17, 15) is 0 Å². The molecular formula is C11H21N5. The molecule has 2 heterocycles. The number of nitrogens with zero attached hydrogens (tertiary/aromatic N) is 5. The number of piperidine rings is 1. The van der Waals surface area contributed by atoms with Crippen LogP contribution in [0.25, 0.3) is 0 Å². The summed E-state index contributed by atoms with van der Waals surface area (Å²) in [6.45, 7) is 9.71. The van der Waals surface area contributed by atoms with Crippen molar-refractivity contribution in [2.45, 2.75) is 40.2 Å². The highest BCUT2D eigenvalue weighted by Crippen LogP contribution is 2.26. The van der Waals surface area contributed by atoms with Crippen molar-refractivity contribution >= 4 is 5.95 Å². The lowest BCUT2D eigenvalue weighted by Crippen LogP contribution is -2.37. The first kappa shape index (κ1) is 11.4. The van der Waals surface area contributed by atoms with Crippen LogP contribution in [0, 0.1) is 11.8 Å². The molecule has 1 aromatic heterocycles. The summed E-state index contributed by atoms with van der Waals surface area (Å²) < 4.78 is 1.87. The van der Waals surface area contributed by atoms with Gasteiger partial charge in [0.25, 0.3) is 0 Å². The van der Waals surface area contributed by atoms with Gasteiger partial charge in [0.2, 0.25) is 5.95 Å². The Hall–Kier alpha value is -1.13. The summed E-state index contributed by atoms with van der Waals surface area (Å²) in [5.74, 6) is 2.59. The lowest BCUT2D eigenvalue weighted by molar-refractivity contribution is 0.308. The Labute approximate surface area is 96.8 Å². The second kappa shape index (κ2) is 4.80. The molecule has 1 aliphatic rings. The minimum atomic E-state index is 0.796. The van der Waals surface area contributed by atoms with E-state index in [1.807, 2.05) is 4.68 Å². The van der Waals surface area contributed by atoms with Gasteiger partial charge in [-0.05, 0) is 42.0 Å². The van der Waals surface area contributed by atoms with Gasteiger partial charge in [-0.2, -0.15) is 0 Å². The number of hydrogen-bond donors (Lipinski definition) is 0. The van der Waals surface area contributed by atoms with E-state index in [0.717, 1.165) is 37.4 Å². The molecule has 0 saturated carbocycles. The molecule has 5 nitrogen and oxygen atoms in total. The van der Waals surface area contributed by atoms with Crippen molar-refractivity contribution in [1.82, 2.24) is 20.2 Å². The Bertz CT molecular complexity index is 325. The smallest absolute Gasteiger partial charge is 0.245 e. The van der Waals surface area contributed by atoms with Gasteiger partial charge in [0.15, 0.2) is 0 Å². The van der Waals surface area contributed by atoms with Gasteiger partial charge in [-0.25, -0.2) is 4.68 Å². The number of anilines is 1. The van der Waals surface area contributed by atoms with Crippen LogP contribution in [0.3, 0.4) is 0 Å². The molecule has 16 heavy (non-hydrogen) atoms. The van der Waals surface area contributed by atoms with Crippen molar-refractivity contribution in [3.05, 3.63) is 0 Å². The van der Waals surface area contributed by atoms with Crippen LogP contribution in [-0.2, 0) is 6.54 Å². The fraction of sp³-hybridized carbons (Fsp3) is 0.909. The van der Waals surface area contributed by atoms with E-state index in [1.165, 1.54) is 12.8 Å². The third-order valence-corrected chi connectivity index (χ3v) is 3.58. The van der Waals surface area contributed by atoms with Crippen molar-refractivity contribution < 1.29 is 0 Å². The standard InChI is InChI=1S/C11H21N5/c1-4-16-11(12-13-14-16)15-7-5-10(6-8-15)9(2)3/h9-10H,4-8H2,1-3H3. The topological polar surface area (TPSA) is 46.8 Å². The van der Waals surface area contributed by atoms with Crippen molar-refractivity contribution in [2.24, 2.45) is 11.8 Å². The average Bonchev–Trinajstić information content (AvgIpc) is 2.77. The summed E-state index contributed by atoms with van der Waals surface area (Å²) in [6.07, 6.45) is 2.52. The highest BCUT2D eigenvalue weighted by atomic mass is 15.6. The van der Waals surface area contributed by atoms with Gasteiger partial charge in [0, 0.05) is 19.6 Å². The van der Waals surface area contributed by atoms with Crippen LogP contribution >= 0.6 is 0 Å². The fourth-order valence-electron chi connectivity index (χ4n) is 2.40. The van der Waals surface area contributed by atoms with E-state index in [4.69, 9.17) is 0 Å². The summed E-state index contributed by atoms with van der Waals surface area (Å²) in [7, 11) is 0. The molecule has 1 aliphatic heterocycles. The van der Waals surface area contributed by atoms with E-state index in [1.54, 1.807) is 0 Å². The molecule has 0 aliphatic carbocycles. The molecule has 2 rings (SSSR count). The van der Waals surface area contributed by atoms with Gasteiger partial charge < -0.3 is 4.90 Å². The zero-order valence-corrected chi connectivity index (χ0v) is 10.4. The molecule has 1 aromatic rings. The van der Waals surface area contributed by atoms with Crippen LogP contribution in [0.15, 0.2) is 0 Å². The van der Waals surface area contributed by atoms with Gasteiger partial charge in [-0.15, -0.1) is 0 Å². The SMILES string of the molecule is CCn1nnnc1N1CCC(C(C)C)CC1. The molecule has 0 amide bonds. The maximum Gasteiger partial charge on any atom is 0.245 e. The van der Waals surface area contributed by atoms with Gasteiger partial charge >= 0.3 is 0 Å². The second-order valence-corrected chi connectivity index (χ2v) is 4.86. The van der Waals surface area contributed by atoms with Crippen LogP contribution in [-0.4, -0.2) is 33.3 Å². The summed E-state index contributed by atoms with van der Waals surface area (Å²) in [5, 5.41) is 11.8. The van der Waals surface area contributed by atoms with Crippen LogP contribution in [0.1, 0.15) is 33.6 Å². The maximum absolute atomic E-state index is 4.11. The lowest BCUT2D eigenvalue weighted by atomic mass is 9.87. The van der Waals surface area contributed by atoms with Gasteiger partial charge in [-0.1, -0.05) is 18.9 Å². The molecule has 1 saturated heterocycles. The monoisotopic (exact) mass is 223 g/mol. The Balaban J connectivity index is 1.99. The zero-order valence-electron chi connectivity index (χ0n) is 10.4. The predicted octanol–water partition coefficient (Wildman–Crippen LogP) is 1.57. The van der Waals surface area contributed by atoms with Crippen LogP contribution < -0.4 is 4.90 Å². The van der Waals surface area contributed by atoms with E-state index < -0.39 is 0 Å². The Morgan fingerprint density at radius 3 is 2.56 bits per heavy atom. The fourth-order valence-corrected chi connectivity index (χ4v) is 2.40. The molecule has 0 spiro atoms. The molecule has 5 heteroatoms. The summed E-state index contributed by atoms with van der Waals surface area (Å²) in [5.41, 5.74) is 0. The number of tetrazole rings is 1. The highest BCUT2D eigenvalue weighted by Gasteiger charge is 2.24. The number of aromatic nitrogens is 4. The Morgan fingerprint density at radius 2 is 2.00 bits per heavy atom. The second-order valence-electron chi connectivity index (χ2n) is 4.86. The van der Waals surface area contributed by atoms with Crippen molar-refractivity contribution in [3.8, 4) is 0 Å². The summed E-state index contributed by atoms with van der Waals surface area (Å²) in [4.78, 5) is 2.31. The van der Waals surface area contributed by atoms with E-state index in [0.29, 0.717) is 0 Å². The first-order valence-electron chi connectivity index (χ1n) is 6.23. The van der Waals surface area contributed by atoms with E-state index in [-0.39, 0.29) is 0 Å². The minimum absolute atomic E-state index is 0.796. The maximum atomic E-state index is 4.11. The zero-order chi connectivity index (χ0) is 11.5. The van der Waals surface area contributed by atoms with Crippen LogP contribution in [0.5, 0.6) is 0 Å². The number of hydrogen-bond acceptors (Lipinski definition) is 4. The van der Waals surface area contributed by atoms with Gasteiger partial charge in [0.05, 0.1) is 0 Å². The quantitative estimate of drug-likeness (QED) is 0.780. The van der Waals surface area contributed by atoms with Crippen LogP contribution in [0.4, 0.5) is 5.95 Å². The number of rotatable bonds is 3. The van der Waals surface area contributed by atoms with Crippen LogP contribution in [0.2, 0.25) is 0 Å². The van der Waals surface area contributed by atoms with Crippen molar-refractivity contribution in [1.29, 1.82) is 0 Å². The molecule has 1 fully saturated rings. The third kappa shape index (κ3) is 2.18. The van der Waals surface area contributed by atoms with E-state index >= 15 is 0 Å². The molecule has 0 N–H and O–H groups in total. The Morgan fingerprint density at radius 1 is 1.31 bits per heavy atom. The lowest BCUT2D eigenvalue weighted by Gasteiger charge is -2.33. The van der Waals surface area contributed by atoms with Gasteiger partial charge in [0.1, 0.15) is 0 Å². The summed E-state index contributed by atoms with van der Waals surface area (Å²) >= 11 is 0. The van der Waals surface area contributed by atoms with E-state index in [2.05, 4.69) is 41.2 Å². The summed E-state index contributed by atoms with van der Waals surface area (Å²) in [6, 6.07) is 0. The molecule has 0 aromatic carbocycles. The normalized spacial score (nSPS) is 18.4. The van der Waals surface area contributed by atoms with Crippen molar-refractivity contribution in [3.63, 3.8) is 0 Å². The Kier molecular flexibility index (Phi) is 3.41. The third-order valence-electron chi connectivity index (χ3n) is 3.58. The molecular weight excluding hydrogens is 202 g/mol. The minimum Gasteiger partial charge on any atom is -0.340 e. The first-order valence-corrected chi connectivity index (χ1v) is 6.23. The average molecular weight is 223 g/mol. The van der Waals surface area contributed by atoms with Gasteiger partial charge in [-0.3, -0.25) is 0 Å². The highest BCUT2D eigenvalue weighted by molar-refractivity contribution is 5.28. The molecule has 0 bridgehead atoms.